The molecule has 126 valence electrons. The Bertz CT molecular complexity index is 773. The van der Waals surface area contributed by atoms with E-state index >= 15 is 0 Å². The van der Waals surface area contributed by atoms with E-state index < -0.39 is 0 Å². The van der Waals surface area contributed by atoms with Crippen molar-refractivity contribution in [2.75, 3.05) is 13.7 Å². The van der Waals surface area contributed by atoms with Gasteiger partial charge in [-0.1, -0.05) is 29.4 Å². The molecule has 7 heteroatoms. The fourth-order valence-electron chi connectivity index (χ4n) is 2.75. The summed E-state index contributed by atoms with van der Waals surface area (Å²) in [5.41, 5.74) is 2.06. The highest BCUT2D eigenvalue weighted by Crippen LogP contribution is 2.42. The van der Waals surface area contributed by atoms with Crippen molar-refractivity contribution < 1.29 is 14.3 Å². The van der Waals surface area contributed by atoms with Crippen LogP contribution in [0.1, 0.15) is 25.5 Å². The van der Waals surface area contributed by atoms with Crippen molar-refractivity contribution in [2.45, 2.75) is 19.9 Å². The van der Waals surface area contributed by atoms with Gasteiger partial charge in [0.15, 0.2) is 5.17 Å². The molecular weight excluding hydrogens is 348 g/mol. The number of allylic oxidation sites excluding steroid dienone is 1. The molecule has 2 aliphatic rings. The lowest BCUT2D eigenvalue weighted by molar-refractivity contribution is -0.139. The predicted molar refractivity (Wildman–Crippen MR) is 96.1 cm³/mol. The molecule has 0 saturated heterocycles. The number of hydrogen-bond donors (Lipinski definition) is 0. The molecule has 2 heterocycles. The summed E-state index contributed by atoms with van der Waals surface area (Å²) < 4.78 is 10.5. The van der Waals surface area contributed by atoms with Crippen LogP contribution >= 0.6 is 23.4 Å². The number of aliphatic imine (C=N–C) groups is 1. The molecule has 1 aromatic rings. The average molecular weight is 365 g/mol. The van der Waals surface area contributed by atoms with Crippen LogP contribution in [0.4, 0.5) is 0 Å². The van der Waals surface area contributed by atoms with Gasteiger partial charge in [-0.15, -0.1) is 0 Å². The molecule has 0 spiro atoms. The van der Waals surface area contributed by atoms with Gasteiger partial charge in [-0.25, -0.2) is 9.79 Å². The second-order valence-electron chi connectivity index (χ2n) is 5.22. The van der Waals surface area contributed by atoms with Crippen LogP contribution in [0.5, 0.6) is 5.75 Å². The molecule has 5 nitrogen and oxygen atoms in total. The third-order valence-electron chi connectivity index (χ3n) is 3.81. The lowest BCUT2D eigenvalue weighted by atomic mass is 9.95. The Morgan fingerprint density at radius 2 is 2.25 bits per heavy atom. The molecule has 0 fully saturated rings. The second-order valence-corrected chi connectivity index (χ2v) is 6.50. The molecule has 0 N–H and O–H groups in total. The van der Waals surface area contributed by atoms with Crippen LogP contribution < -0.4 is 4.74 Å². The molecule has 3 rings (SSSR count). The van der Waals surface area contributed by atoms with E-state index in [0.29, 0.717) is 28.6 Å². The van der Waals surface area contributed by atoms with E-state index in [1.807, 2.05) is 35.6 Å². The van der Waals surface area contributed by atoms with Gasteiger partial charge in [0.1, 0.15) is 5.75 Å². The smallest absolute Gasteiger partial charge is 0.338 e. The zero-order valence-corrected chi connectivity index (χ0v) is 15.1. The summed E-state index contributed by atoms with van der Waals surface area (Å²) in [5, 5.41) is 3.27. The first kappa shape index (κ1) is 16.9. The number of benzene rings is 1. The zero-order chi connectivity index (χ0) is 17.3. The maximum atomic E-state index is 12.5. The van der Waals surface area contributed by atoms with Gasteiger partial charge in [0.25, 0.3) is 0 Å². The number of carbonyl (C=O) groups is 1. The highest BCUT2D eigenvalue weighted by molar-refractivity contribution is 8.16. The summed E-state index contributed by atoms with van der Waals surface area (Å²) in [4.78, 5) is 19.0. The Hall–Kier alpha value is -1.92. The number of nitrogens with zero attached hydrogens (tertiary/aromatic N) is 2. The minimum Gasteiger partial charge on any atom is -0.495 e. The van der Waals surface area contributed by atoms with E-state index in [9.17, 15) is 4.79 Å². The highest BCUT2D eigenvalue weighted by atomic mass is 35.5. The molecular formula is C17H17ClN2O3S. The summed E-state index contributed by atoms with van der Waals surface area (Å²) in [6.45, 7) is 3.93. The summed E-state index contributed by atoms with van der Waals surface area (Å²) in [6.07, 6.45) is 1.91. The van der Waals surface area contributed by atoms with Crippen molar-refractivity contribution in [1.82, 2.24) is 4.90 Å². The molecule has 24 heavy (non-hydrogen) atoms. The highest BCUT2D eigenvalue weighted by Gasteiger charge is 2.37. The fraction of sp³-hybridized carbons (Fsp3) is 0.294. The predicted octanol–water partition coefficient (Wildman–Crippen LogP) is 4.12. The summed E-state index contributed by atoms with van der Waals surface area (Å²) in [5.74, 6) is 0.231. The Labute approximate surface area is 150 Å². The van der Waals surface area contributed by atoms with Crippen LogP contribution in [0, 0.1) is 0 Å². The molecule has 0 aromatic heterocycles. The Balaban J connectivity index is 2.10. The molecule has 0 radical (unpaired) electrons. The van der Waals surface area contributed by atoms with Crippen LogP contribution in [-0.4, -0.2) is 29.8 Å². The second kappa shape index (κ2) is 6.91. The van der Waals surface area contributed by atoms with Crippen molar-refractivity contribution in [3.05, 3.63) is 51.7 Å². The molecule has 1 aromatic carbocycles. The Morgan fingerprint density at radius 3 is 2.92 bits per heavy atom. The maximum Gasteiger partial charge on any atom is 0.338 e. The number of carbonyl (C=O) groups excluding carboxylic acids is 1. The first-order valence-corrected chi connectivity index (χ1v) is 8.74. The van der Waals surface area contributed by atoms with Crippen molar-refractivity contribution in [2.24, 2.45) is 4.99 Å². The summed E-state index contributed by atoms with van der Waals surface area (Å²) in [7, 11) is 1.57. The normalized spacial score (nSPS) is 19.2. The van der Waals surface area contributed by atoms with Crippen LogP contribution in [0.2, 0.25) is 5.02 Å². The number of fused-ring (bicyclic) bond motifs is 1. The zero-order valence-electron chi connectivity index (χ0n) is 13.6. The van der Waals surface area contributed by atoms with Gasteiger partial charge in [-0.05, 0) is 37.0 Å². The van der Waals surface area contributed by atoms with Gasteiger partial charge in [0.2, 0.25) is 0 Å². The lowest BCUT2D eigenvalue weighted by Gasteiger charge is -2.33. The SMILES string of the molecule is CCOC(=O)C1=C(C)N=C2SC=CN2[C@H]1c1ccc(OC)c(Cl)c1. The van der Waals surface area contributed by atoms with E-state index in [0.717, 1.165) is 10.7 Å². The number of hydrogen-bond acceptors (Lipinski definition) is 6. The van der Waals surface area contributed by atoms with Gasteiger partial charge >= 0.3 is 5.97 Å². The van der Waals surface area contributed by atoms with E-state index in [1.54, 1.807) is 20.1 Å². The first-order chi connectivity index (χ1) is 11.6. The Morgan fingerprint density at radius 1 is 1.46 bits per heavy atom. The first-order valence-electron chi connectivity index (χ1n) is 7.48. The van der Waals surface area contributed by atoms with E-state index in [-0.39, 0.29) is 12.0 Å². The molecule has 0 aliphatic carbocycles. The number of thioether (sulfide) groups is 1. The fourth-order valence-corrected chi connectivity index (χ4v) is 3.81. The number of rotatable bonds is 4. The van der Waals surface area contributed by atoms with Crippen LogP contribution in [0.3, 0.4) is 0 Å². The summed E-state index contributed by atoms with van der Waals surface area (Å²) in [6, 6.07) is 5.19. The van der Waals surface area contributed by atoms with E-state index in [4.69, 9.17) is 21.1 Å². The van der Waals surface area contributed by atoms with Crippen molar-refractivity contribution in [3.8, 4) is 5.75 Å². The molecule has 0 saturated carbocycles. The molecule has 0 bridgehead atoms. The lowest BCUT2D eigenvalue weighted by Crippen LogP contribution is -2.34. The van der Waals surface area contributed by atoms with Crippen LogP contribution in [0.15, 0.2) is 46.1 Å². The average Bonchev–Trinajstić information content (AvgIpc) is 3.01. The number of amidine groups is 1. The monoisotopic (exact) mass is 364 g/mol. The van der Waals surface area contributed by atoms with Gasteiger partial charge in [0, 0.05) is 6.20 Å². The van der Waals surface area contributed by atoms with Crippen molar-refractivity contribution in [1.29, 1.82) is 0 Å². The Kier molecular flexibility index (Phi) is 4.87. The molecule has 0 unspecified atom stereocenters. The maximum absolute atomic E-state index is 12.5. The van der Waals surface area contributed by atoms with Gasteiger partial charge in [-0.2, -0.15) is 0 Å². The van der Waals surface area contributed by atoms with E-state index in [1.165, 1.54) is 11.8 Å². The quantitative estimate of drug-likeness (QED) is 0.752. The molecule has 1 atom stereocenters. The molecule has 2 aliphatic heterocycles. The minimum atomic E-state index is -0.361. The third kappa shape index (κ3) is 2.91. The number of ether oxygens (including phenoxy) is 2. The standard InChI is InChI=1S/C17H17ClN2O3S/c1-4-23-16(21)14-10(2)19-17-20(7-8-24-17)15(14)11-5-6-13(22-3)12(18)9-11/h5-9,15H,4H2,1-3H3/t15-/m0/s1. The van der Waals surface area contributed by atoms with Crippen LogP contribution in [-0.2, 0) is 9.53 Å². The van der Waals surface area contributed by atoms with Gasteiger partial charge < -0.3 is 14.4 Å². The number of methoxy groups -OCH3 is 1. The van der Waals surface area contributed by atoms with Gasteiger partial charge in [-0.3, -0.25) is 0 Å². The van der Waals surface area contributed by atoms with Crippen molar-refractivity contribution >= 4 is 34.5 Å². The van der Waals surface area contributed by atoms with Gasteiger partial charge in [0.05, 0.1) is 36.1 Å². The number of esters is 1. The summed E-state index contributed by atoms with van der Waals surface area (Å²) >= 11 is 7.81. The van der Waals surface area contributed by atoms with Crippen LogP contribution in [0.25, 0.3) is 0 Å². The topological polar surface area (TPSA) is 51.1 Å². The largest absolute Gasteiger partial charge is 0.495 e. The number of halogens is 1. The van der Waals surface area contributed by atoms with E-state index in [2.05, 4.69) is 4.99 Å². The minimum absolute atomic E-state index is 0.312. The third-order valence-corrected chi connectivity index (χ3v) is 4.87. The molecule has 0 amide bonds. The van der Waals surface area contributed by atoms with Crippen molar-refractivity contribution in [3.63, 3.8) is 0 Å².